The highest BCUT2D eigenvalue weighted by Gasteiger charge is 2.14. The molecule has 1 aliphatic heterocycles. The Kier molecular flexibility index (Phi) is 5.02. The van der Waals surface area contributed by atoms with Crippen molar-refractivity contribution in [1.29, 1.82) is 0 Å². The second-order valence-electron chi connectivity index (χ2n) is 5.31. The molecule has 2 aromatic heterocycles. The van der Waals surface area contributed by atoms with E-state index in [0.29, 0.717) is 5.82 Å². The van der Waals surface area contributed by atoms with Gasteiger partial charge in [-0.3, -0.25) is 4.79 Å². The molecule has 0 saturated carbocycles. The van der Waals surface area contributed by atoms with Crippen molar-refractivity contribution in [2.75, 3.05) is 29.1 Å². The first-order valence-electron chi connectivity index (χ1n) is 7.51. The number of hydrogen-bond acceptors (Lipinski definition) is 7. The molecule has 8 heteroatoms. The molecule has 1 amide bonds. The Balaban J connectivity index is 1.55. The van der Waals surface area contributed by atoms with E-state index in [2.05, 4.69) is 30.4 Å². The van der Waals surface area contributed by atoms with Gasteiger partial charge in [0.15, 0.2) is 0 Å². The minimum atomic E-state index is -0.122. The molecular weight excluding hydrogens is 312 g/mol. The number of thioether (sulfide) groups is 1. The van der Waals surface area contributed by atoms with Crippen LogP contribution in [0.5, 0.6) is 0 Å². The van der Waals surface area contributed by atoms with Crippen molar-refractivity contribution < 1.29 is 4.79 Å². The maximum Gasteiger partial charge on any atom is 0.235 e. The Bertz CT molecular complexity index is 672. The minimum Gasteiger partial charge on any atom is -0.356 e. The molecule has 120 valence electrons. The van der Waals surface area contributed by atoms with Crippen molar-refractivity contribution >= 4 is 29.3 Å². The molecule has 2 aromatic rings. The van der Waals surface area contributed by atoms with Gasteiger partial charge in [-0.15, -0.1) is 5.10 Å². The summed E-state index contributed by atoms with van der Waals surface area (Å²) in [5.41, 5.74) is 0.856. The maximum absolute atomic E-state index is 12.0. The highest BCUT2D eigenvalue weighted by Crippen LogP contribution is 2.20. The number of nitrogens with zero attached hydrogens (tertiary/aromatic N) is 5. The molecule has 0 bridgehead atoms. The van der Waals surface area contributed by atoms with Crippen LogP contribution >= 0.6 is 11.8 Å². The number of aryl methyl sites for hydroxylation is 1. The third-order valence-electron chi connectivity index (χ3n) is 3.47. The first-order chi connectivity index (χ1) is 11.2. The Labute approximate surface area is 138 Å². The second kappa shape index (κ2) is 7.36. The Morgan fingerprint density at radius 3 is 2.83 bits per heavy atom. The van der Waals surface area contributed by atoms with Crippen LogP contribution in [0.3, 0.4) is 0 Å². The first-order valence-corrected chi connectivity index (χ1v) is 8.49. The maximum atomic E-state index is 12.0. The Morgan fingerprint density at radius 2 is 2.09 bits per heavy atom. The fourth-order valence-corrected chi connectivity index (χ4v) is 2.93. The van der Waals surface area contributed by atoms with Gasteiger partial charge in [0.1, 0.15) is 23.0 Å². The van der Waals surface area contributed by atoms with Crippen LogP contribution < -0.4 is 10.2 Å². The summed E-state index contributed by atoms with van der Waals surface area (Å²) in [6, 6.07) is 5.55. The summed E-state index contributed by atoms with van der Waals surface area (Å²) in [6.45, 7) is 3.89. The summed E-state index contributed by atoms with van der Waals surface area (Å²) in [7, 11) is 0. The lowest BCUT2D eigenvalue weighted by atomic mass is 10.4. The van der Waals surface area contributed by atoms with Gasteiger partial charge in [0, 0.05) is 19.2 Å². The molecule has 0 aromatic carbocycles. The average Bonchev–Trinajstić information content (AvgIpc) is 3.09. The Morgan fingerprint density at radius 1 is 1.26 bits per heavy atom. The molecule has 23 heavy (non-hydrogen) atoms. The van der Waals surface area contributed by atoms with Crippen LogP contribution in [-0.4, -0.2) is 44.9 Å². The molecule has 0 unspecified atom stereocenters. The smallest absolute Gasteiger partial charge is 0.235 e. The molecule has 1 saturated heterocycles. The highest BCUT2D eigenvalue weighted by atomic mass is 32.2. The summed E-state index contributed by atoms with van der Waals surface area (Å²) in [4.78, 5) is 22.6. The van der Waals surface area contributed by atoms with Crippen LogP contribution in [0.2, 0.25) is 0 Å². The average molecular weight is 330 g/mol. The van der Waals surface area contributed by atoms with E-state index in [4.69, 9.17) is 0 Å². The van der Waals surface area contributed by atoms with Crippen LogP contribution in [0.1, 0.15) is 18.5 Å². The summed E-state index contributed by atoms with van der Waals surface area (Å²) in [6.07, 6.45) is 3.85. The fraction of sp³-hybridized carbons (Fsp3) is 0.400. The zero-order valence-corrected chi connectivity index (χ0v) is 13.7. The van der Waals surface area contributed by atoms with Crippen LogP contribution in [0.15, 0.2) is 29.6 Å². The lowest BCUT2D eigenvalue weighted by molar-refractivity contribution is -0.113. The number of amides is 1. The molecule has 1 aliphatic rings. The van der Waals surface area contributed by atoms with Crippen molar-refractivity contribution in [3.63, 3.8) is 0 Å². The van der Waals surface area contributed by atoms with E-state index in [-0.39, 0.29) is 11.7 Å². The van der Waals surface area contributed by atoms with Crippen LogP contribution in [0.25, 0.3) is 0 Å². The fourth-order valence-electron chi connectivity index (χ4n) is 2.32. The van der Waals surface area contributed by atoms with Crippen molar-refractivity contribution in [2.45, 2.75) is 24.8 Å². The first kappa shape index (κ1) is 15.7. The Hall–Kier alpha value is -2.22. The summed E-state index contributed by atoms with van der Waals surface area (Å²) >= 11 is 1.35. The van der Waals surface area contributed by atoms with Gasteiger partial charge in [0.05, 0.1) is 11.4 Å². The van der Waals surface area contributed by atoms with Gasteiger partial charge in [0.25, 0.3) is 0 Å². The standard InChI is InChI=1S/C15H18N6OS/c1-11-4-5-15(20-19-11)23-9-14(22)18-12-8-13(17-10-16-12)21-6-2-3-7-21/h4-5,8,10H,2-3,6-7,9H2,1H3,(H,16,17,18,22). The molecule has 1 N–H and O–H groups in total. The minimum absolute atomic E-state index is 0.122. The number of carbonyl (C=O) groups excluding carboxylic acids is 1. The zero-order chi connectivity index (χ0) is 16.1. The highest BCUT2D eigenvalue weighted by molar-refractivity contribution is 7.99. The molecule has 1 fully saturated rings. The van der Waals surface area contributed by atoms with E-state index < -0.39 is 0 Å². The normalized spacial score (nSPS) is 14.0. The third kappa shape index (κ3) is 4.38. The van der Waals surface area contributed by atoms with Crippen molar-refractivity contribution in [3.05, 3.63) is 30.2 Å². The molecule has 7 nitrogen and oxygen atoms in total. The quantitative estimate of drug-likeness (QED) is 0.838. The van der Waals surface area contributed by atoms with E-state index >= 15 is 0 Å². The predicted molar refractivity (Wildman–Crippen MR) is 89.6 cm³/mol. The summed E-state index contributed by atoms with van der Waals surface area (Å²) in [5, 5.41) is 11.5. The van der Waals surface area contributed by atoms with Gasteiger partial charge in [-0.2, -0.15) is 5.10 Å². The number of rotatable bonds is 5. The van der Waals surface area contributed by atoms with Crippen molar-refractivity contribution in [2.24, 2.45) is 0 Å². The van der Waals surface area contributed by atoms with Gasteiger partial charge < -0.3 is 10.2 Å². The number of anilines is 2. The van der Waals surface area contributed by atoms with Gasteiger partial charge in [0.2, 0.25) is 5.91 Å². The summed E-state index contributed by atoms with van der Waals surface area (Å²) in [5.74, 6) is 1.54. The second-order valence-corrected chi connectivity index (χ2v) is 6.30. The van der Waals surface area contributed by atoms with Crippen LogP contribution in [-0.2, 0) is 4.79 Å². The monoisotopic (exact) mass is 330 g/mol. The van der Waals surface area contributed by atoms with Gasteiger partial charge in [-0.05, 0) is 31.9 Å². The number of aromatic nitrogens is 4. The molecule has 0 atom stereocenters. The largest absolute Gasteiger partial charge is 0.356 e. The molecule has 0 aliphatic carbocycles. The topological polar surface area (TPSA) is 83.9 Å². The van der Waals surface area contributed by atoms with E-state index in [1.165, 1.54) is 30.9 Å². The van der Waals surface area contributed by atoms with E-state index in [1.807, 2.05) is 25.1 Å². The lowest BCUT2D eigenvalue weighted by Gasteiger charge is -2.16. The lowest BCUT2D eigenvalue weighted by Crippen LogP contribution is -2.20. The van der Waals surface area contributed by atoms with Gasteiger partial charge in [-0.25, -0.2) is 9.97 Å². The van der Waals surface area contributed by atoms with Gasteiger partial charge in [-0.1, -0.05) is 11.8 Å². The number of nitrogens with one attached hydrogen (secondary N) is 1. The van der Waals surface area contributed by atoms with E-state index in [9.17, 15) is 4.79 Å². The SMILES string of the molecule is Cc1ccc(SCC(=O)Nc2cc(N3CCCC3)ncn2)nn1. The third-order valence-corrected chi connectivity index (χ3v) is 4.39. The van der Waals surface area contributed by atoms with Crippen molar-refractivity contribution in [3.8, 4) is 0 Å². The van der Waals surface area contributed by atoms with Gasteiger partial charge >= 0.3 is 0 Å². The number of hydrogen-bond donors (Lipinski definition) is 1. The van der Waals surface area contributed by atoms with E-state index in [0.717, 1.165) is 29.6 Å². The predicted octanol–water partition coefficient (Wildman–Crippen LogP) is 1.91. The number of carbonyl (C=O) groups is 1. The molecule has 0 radical (unpaired) electrons. The van der Waals surface area contributed by atoms with E-state index in [1.54, 1.807) is 0 Å². The van der Waals surface area contributed by atoms with Crippen LogP contribution in [0, 0.1) is 6.92 Å². The molecule has 0 spiro atoms. The summed E-state index contributed by atoms with van der Waals surface area (Å²) < 4.78 is 0. The van der Waals surface area contributed by atoms with Crippen molar-refractivity contribution in [1.82, 2.24) is 20.2 Å². The molecular formula is C15H18N6OS. The van der Waals surface area contributed by atoms with Crippen LogP contribution in [0.4, 0.5) is 11.6 Å². The molecule has 3 rings (SSSR count). The zero-order valence-electron chi connectivity index (χ0n) is 12.9. The molecule has 3 heterocycles.